The van der Waals surface area contributed by atoms with Gasteiger partial charge in [0, 0.05) is 52.0 Å². The summed E-state index contributed by atoms with van der Waals surface area (Å²) in [4.78, 5) is 24.8. The maximum atomic E-state index is 13.5. The third kappa shape index (κ3) is 5.87. The van der Waals surface area contributed by atoms with Crippen molar-refractivity contribution < 1.29 is 9.53 Å². The molecule has 0 aliphatic carbocycles. The first kappa shape index (κ1) is 24.0. The number of nitriles is 1. The van der Waals surface area contributed by atoms with Gasteiger partial charge in [0.15, 0.2) is 6.10 Å². The molecule has 1 amide bonds. The number of hydrogen-bond donors (Lipinski definition) is 0. The predicted molar refractivity (Wildman–Crippen MR) is 133 cm³/mol. The van der Waals surface area contributed by atoms with Gasteiger partial charge in [-0.2, -0.15) is 5.26 Å². The monoisotopic (exact) mass is 461 g/mol. The number of pyridine rings is 1. The maximum absolute atomic E-state index is 13.5. The highest BCUT2D eigenvalue weighted by atomic mass is 16.5. The number of likely N-dealkylation sites (tertiary alicyclic amines) is 1. The van der Waals surface area contributed by atoms with Gasteiger partial charge in [0.2, 0.25) is 0 Å². The van der Waals surface area contributed by atoms with Gasteiger partial charge in [0.05, 0.1) is 5.56 Å². The molecule has 1 aromatic heterocycles. The van der Waals surface area contributed by atoms with E-state index in [-0.39, 0.29) is 11.8 Å². The standard InChI is InChI=1S/C27H35N5O2/c1-21(2)26(34-24-10-4-3-9-23(24)18-28)27(33)32-13-7-8-22(20-32)19-30-14-16-31(17-15-30)25-11-5-6-12-29-25/h3-6,9-12,21-22,26H,7-8,13-17,19-20H2,1-2H3. The van der Waals surface area contributed by atoms with Crippen molar-refractivity contribution in [2.75, 3.05) is 50.7 Å². The number of nitrogens with zero attached hydrogens (tertiary/aromatic N) is 5. The van der Waals surface area contributed by atoms with Crippen LogP contribution >= 0.6 is 0 Å². The number of carbonyl (C=O) groups is 1. The lowest BCUT2D eigenvalue weighted by Gasteiger charge is -2.40. The molecule has 1 aromatic carbocycles. The number of anilines is 1. The fraction of sp³-hybridized carbons (Fsp3) is 0.519. The van der Waals surface area contributed by atoms with E-state index in [1.54, 1.807) is 12.1 Å². The minimum absolute atomic E-state index is 0.0132. The van der Waals surface area contributed by atoms with E-state index in [2.05, 4.69) is 26.9 Å². The van der Waals surface area contributed by atoms with Crippen LogP contribution in [0, 0.1) is 23.2 Å². The molecule has 0 N–H and O–H groups in total. The lowest BCUT2D eigenvalue weighted by Crippen LogP contribution is -2.52. The van der Waals surface area contributed by atoms with Crippen molar-refractivity contribution in [3.8, 4) is 11.8 Å². The number of hydrogen-bond acceptors (Lipinski definition) is 6. The maximum Gasteiger partial charge on any atom is 0.263 e. The molecule has 0 spiro atoms. The van der Waals surface area contributed by atoms with Crippen LogP contribution in [0.25, 0.3) is 0 Å². The Bertz CT molecular complexity index is 982. The van der Waals surface area contributed by atoms with Crippen LogP contribution in [0.4, 0.5) is 5.82 Å². The second-order valence-electron chi connectivity index (χ2n) is 9.66. The van der Waals surface area contributed by atoms with E-state index < -0.39 is 6.10 Å². The molecular formula is C27H35N5O2. The van der Waals surface area contributed by atoms with Crippen LogP contribution in [0.5, 0.6) is 5.75 Å². The van der Waals surface area contributed by atoms with E-state index in [4.69, 9.17) is 4.74 Å². The van der Waals surface area contributed by atoms with Crippen LogP contribution in [-0.2, 0) is 4.79 Å². The molecule has 3 heterocycles. The topological polar surface area (TPSA) is 72.7 Å². The van der Waals surface area contributed by atoms with E-state index in [1.165, 1.54) is 0 Å². The Morgan fingerprint density at radius 2 is 1.88 bits per heavy atom. The summed E-state index contributed by atoms with van der Waals surface area (Å²) in [5.41, 5.74) is 0.460. The van der Waals surface area contributed by atoms with E-state index >= 15 is 0 Å². The summed E-state index contributed by atoms with van der Waals surface area (Å²) in [6.07, 6.45) is 3.43. The molecule has 2 aliphatic rings. The number of amides is 1. The summed E-state index contributed by atoms with van der Waals surface area (Å²) in [5.74, 6) is 2.05. The summed E-state index contributed by atoms with van der Waals surface area (Å²) in [6.45, 7) is 10.6. The van der Waals surface area contributed by atoms with Gasteiger partial charge >= 0.3 is 0 Å². The van der Waals surface area contributed by atoms with Gasteiger partial charge in [-0.05, 0) is 48.9 Å². The molecule has 7 nitrogen and oxygen atoms in total. The molecule has 2 aliphatic heterocycles. The van der Waals surface area contributed by atoms with Crippen LogP contribution in [0.1, 0.15) is 32.3 Å². The fourth-order valence-corrected chi connectivity index (χ4v) is 4.93. The summed E-state index contributed by atoms with van der Waals surface area (Å²) < 4.78 is 6.12. The number of rotatable bonds is 7. The fourth-order valence-electron chi connectivity index (χ4n) is 4.93. The van der Waals surface area contributed by atoms with Gasteiger partial charge in [-0.25, -0.2) is 4.98 Å². The first-order chi connectivity index (χ1) is 16.5. The van der Waals surface area contributed by atoms with Gasteiger partial charge in [-0.1, -0.05) is 32.0 Å². The average Bonchev–Trinajstić information content (AvgIpc) is 2.88. The number of carbonyl (C=O) groups excluding carboxylic acids is 1. The first-order valence-corrected chi connectivity index (χ1v) is 12.4. The molecule has 2 fully saturated rings. The van der Waals surface area contributed by atoms with E-state index in [0.717, 1.165) is 64.5 Å². The summed E-state index contributed by atoms with van der Waals surface area (Å²) in [6, 6.07) is 15.4. The zero-order valence-corrected chi connectivity index (χ0v) is 20.3. The van der Waals surface area contributed by atoms with Crippen LogP contribution in [0.2, 0.25) is 0 Å². The van der Waals surface area contributed by atoms with Crippen molar-refractivity contribution in [3.05, 3.63) is 54.2 Å². The summed E-state index contributed by atoms with van der Waals surface area (Å²) in [7, 11) is 0. The zero-order chi connectivity index (χ0) is 23.9. The van der Waals surface area contributed by atoms with Crippen molar-refractivity contribution in [2.24, 2.45) is 11.8 Å². The quantitative estimate of drug-likeness (QED) is 0.629. The third-order valence-corrected chi connectivity index (χ3v) is 6.80. The molecule has 0 bridgehead atoms. The SMILES string of the molecule is CC(C)C(Oc1ccccc1C#N)C(=O)N1CCCC(CN2CCN(c3ccccn3)CC2)C1. The Kier molecular flexibility index (Phi) is 8.02. The highest BCUT2D eigenvalue weighted by Gasteiger charge is 2.33. The minimum Gasteiger partial charge on any atom is -0.479 e. The third-order valence-electron chi connectivity index (χ3n) is 6.80. The number of piperidine rings is 1. The zero-order valence-electron chi connectivity index (χ0n) is 20.3. The molecule has 180 valence electrons. The molecular weight excluding hydrogens is 426 g/mol. The summed E-state index contributed by atoms with van der Waals surface area (Å²) >= 11 is 0. The smallest absolute Gasteiger partial charge is 0.263 e. The molecule has 2 aromatic rings. The number of ether oxygens (including phenoxy) is 1. The van der Waals surface area contributed by atoms with Crippen LogP contribution in [0.15, 0.2) is 48.7 Å². The van der Waals surface area contributed by atoms with Gasteiger partial charge in [0.1, 0.15) is 17.6 Å². The van der Waals surface area contributed by atoms with Gasteiger partial charge < -0.3 is 14.5 Å². The summed E-state index contributed by atoms with van der Waals surface area (Å²) in [5, 5.41) is 9.39. The Hall–Kier alpha value is -3.11. The van der Waals surface area contributed by atoms with Gasteiger partial charge in [0.25, 0.3) is 5.91 Å². The molecule has 0 radical (unpaired) electrons. The molecule has 7 heteroatoms. The van der Waals surface area contributed by atoms with Gasteiger partial charge in [-0.3, -0.25) is 9.69 Å². The normalized spacial score (nSPS) is 20.1. The largest absolute Gasteiger partial charge is 0.479 e. The lowest BCUT2D eigenvalue weighted by atomic mass is 9.95. The molecule has 34 heavy (non-hydrogen) atoms. The Balaban J connectivity index is 1.32. The van der Waals surface area contributed by atoms with Crippen molar-refractivity contribution in [2.45, 2.75) is 32.8 Å². The molecule has 2 saturated heterocycles. The number of piperazine rings is 1. The Labute approximate surface area is 202 Å². The van der Waals surface area contributed by atoms with Crippen molar-refractivity contribution >= 4 is 11.7 Å². The number of para-hydroxylation sites is 1. The van der Waals surface area contributed by atoms with Crippen LogP contribution < -0.4 is 9.64 Å². The number of benzene rings is 1. The highest BCUT2D eigenvalue weighted by molar-refractivity contribution is 5.81. The van der Waals surface area contributed by atoms with E-state index in [1.807, 2.05) is 49.2 Å². The Morgan fingerprint density at radius 1 is 1.12 bits per heavy atom. The molecule has 2 atom stereocenters. The van der Waals surface area contributed by atoms with E-state index in [0.29, 0.717) is 17.2 Å². The first-order valence-electron chi connectivity index (χ1n) is 12.4. The number of aromatic nitrogens is 1. The van der Waals surface area contributed by atoms with Crippen molar-refractivity contribution in [1.82, 2.24) is 14.8 Å². The van der Waals surface area contributed by atoms with Crippen LogP contribution in [-0.4, -0.2) is 72.6 Å². The molecule has 4 rings (SSSR count). The van der Waals surface area contributed by atoms with Crippen molar-refractivity contribution in [3.63, 3.8) is 0 Å². The second kappa shape index (κ2) is 11.3. The molecule has 2 unspecified atom stereocenters. The molecule has 0 saturated carbocycles. The second-order valence-corrected chi connectivity index (χ2v) is 9.66. The Morgan fingerprint density at radius 3 is 2.59 bits per heavy atom. The predicted octanol–water partition coefficient (Wildman–Crippen LogP) is 3.42. The van der Waals surface area contributed by atoms with E-state index in [9.17, 15) is 10.1 Å². The van der Waals surface area contributed by atoms with Crippen molar-refractivity contribution in [1.29, 1.82) is 5.26 Å². The minimum atomic E-state index is -0.588. The van der Waals surface area contributed by atoms with Gasteiger partial charge in [-0.15, -0.1) is 0 Å². The average molecular weight is 462 g/mol. The highest BCUT2D eigenvalue weighted by Crippen LogP contribution is 2.25. The van der Waals surface area contributed by atoms with Crippen LogP contribution in [0.3, 0.4) is 0 Å². The lowest BCUT2D eigenvalue weighted by molar-refractivity contribution is -0.142.